The first-order valence-corrected chi connectivity index (χ1v) is 17.3. The number of rotatable bonds is 7. The third-order valence-corrected chi connectivity index (χ3v) is 10.9. The molecule has 50 heavy (non-hydrogen) atoms. The number of ether oxygens (including phenoxy) is 2. The molecule has 2 bridgehead atoms. The maximum atomic E-state index is 13.8. The van der Waals surface area contributed by atoms with Crippen LogP contribution in [0.5, 0.6) is 5.88 Å². The van der Waals surface area contributed by atoms with Gasteiger partial charge in [0.2, 0.25) is 0 Å². The maximum Gasteiger partial charge on any atom is 0.411 e. The number of imidazole rings is 1. The molecule has 0 aromatic carbocycles. The third kappa shape index (κ3) is 5.54. The quantitative estimate of drug-likeness (QED) is 0.284. The second-order valence-electron chi connectivity index (χ2n) is 14.2. The number of hydrogen-bond donors (Lipinski definition) is 2. The van der Waals surface area contributed by atoms with E-state index in [0.29, 0.717) is 40.9 Å². The third-order valence-electron chi connectivity index (χ3n) is 10.9. The number of urea groups is 1. The van der Waals surface area contributed by atoms with E-state index >= 15 is 0 Å². The van der Waals surface area contributed by atoms with Crippen LogP contribution in [0.15, 0.2) is 30.3 Å². The molecular weight excluding hydrogens is 653 g/mol. The highest BCUT2D eigenvalue weighted by molar-refractivity contribution is 5.97. The van der Waals surface area contributed by atoms with Crippen molar-refractivity contribution >= 4 is 28.6 Å². The molecule has 5 atom stereocenters. The molecule has 0 spiro atoms. The Hall–Kier alpha value is -4.37. The zero-order chi connectivity index (χ0) is 35.1. The van der Waals surface area contributed by atoms with Crippen molar-refractivity contribution in [3.05, 3.63) is 47.3 Å². The highest BCUT2D eigenvalue weighted by Crippen LogP contribution is 2.40. The number of nitrogens with one attached hydrogen (secondary N) is 1. The van der Waals surface area contributed by atoms with E-state index in [2.05, 4.69) is 9.88 Å². The van der Waals surface area contributed by atoms with Gasteiger partial charge in [0.15, 0.2) is 11.9 Å². The Morgan fingerprint density at radius 1 is 1.14 bits per heavy atom. The first-order valence-electron chi connectivity index (χ1n) is 17.3. The zero-order valence-electron chi connectivity index (χ0n) is 28.2. The van der Waals surface area contributed by atoms with Gasteiger partial charge in [0.1, 0.15) is 17.0 Å². The molecule has 3 amide bonds. The van der Waals surface area contributed by atoms with Gasteiger partial charge in [-0.1, -0.05) is 0 Å². The number of pyridine rings is 2. The Bertz CT molecular complexity index is 1990. The van der Waals surface area contributed by atoms with Gasteiger partial charge in [-0.2, -0.15) is 13.2 Å². The molecule has 3 saturated heterocycles. The summed E-state index contributed by atoms with van der Waals surface area (Å²) in [4.78, 5) is 39.6. The second kappa shape index (κ2) is 12.1. The molecule has 7 heterocycles. The highest BCUT2D eigenvalue weighted by Gasteiger charge is 2.48. The van der Waals surface area contributed by atoms with Gasteiger partial charge >= 0.3 is 12.2 Å². The number of alkyl halides is 3. The molecule has 266 valence electrons. The van der Waals surface area contributed by atoms with E-state index in [0.717, 1.165) is 59.5 Å². The highest BCUT2D eigenvalue weighted by atomic mass is 19.4. The van der Waals surface area contributed by atoms with Gasteiger partial charge in [-0.05, 0) is 76.1 Å². The van der Waals surface area contributed by atoms with Crippen LogP contribution < -0.4 is 15.8 Å². The van der Waals surface area contributed by atoms with Crippen molar-refractivity contribution in [3.63, 3.8) is 0 Å². The molecule has 15 heteroatoms. The first kappa shape index (κ1) is 32.8. The Labute approximate surface area is 286 Å². The van der Waals surface area contributed by atoms with Gasteiger partial charge in [0.05, 0.1) is 43.4 Å². The molecule has 8 rings (SSSR count). The predicted octanol–water partition coefficient (Wildman–Crippen LogP) is 4.82. The lowest BCUT2D eigenvalue weighted by molar-refractivity contribution is -0.202. The number of morpholine rings is 1. The van der Waals surface area contributed by atoms with E-state index in [4.69, 9.17) is 25.2 Å². The van der Waals surface area contributed by atoms with Crippen molar-refractivity contribution < 1.29 is 32.2 Å². The lowest BCUT2D eigenvalue weighted by atomic mass is 9.97. The number of halogens is 3. The number of methoxy groups -OCH3 is 1. The van der Waals surface area contributed by atoms with Crippen LogP contribution in [0.4, 0.5) is 18.0 Å². The van der Waals surface area contributed by atoms with E-state index in [1.807, 2.05) is 34.4 Å². The number of carbonyl (C=O) groups excluding carboxylic acids is 2. The summed E-state index contributed by atoms with van der Waals surface area (Å²) in [6.07, 6.45) is 0.295. The van der Waals surface area contributed by atoms with Gasteiger partial charge in [-0.15, -0.1) is 0 Å². The summed E-state index contributed by atoms with van der Waals surface area (Å²) in [7, 11) is 1.58. The van der Waals surface area contributed by atoms with E-state index in [-0.39, 0.29) is 37.2 Å². The van der Waals surface area contributed by atoms with E-state index in [1.165, 1.54) is 0 Å². The zero-order valence-corrected chi connectivity index (χ0v) is 28.2. The maximum absolute atomic E-state index is 13.8. The monoisotopic (exact) mass is 694 g/mol. The number of aromatic nitrogens is 4. The number of hydrogen-bond acceptors (Lipinski definition) is 7. The molecular formula is C35H41F3N8O4. The molecule has 0 radical (unpaired) electrons. The average Bonchev–Trinajstić information content (AvgIpc) is 3.41. The molecule has 12 nitrogen and oxygen atoms in total. The average molecular weight is 695 g/mol. The molecule has 3 aliphatic heterocycles. The van der Waals surface area contributed by atoms with Crippen LogP contribution in [0.25, 0.3) is 28.1 Å². The lowest BCUT2D eigenvalue weighted by Gasteiger charge is -2.37. The number of nitrogens with two attached hydrogens (primary N) is 1. The normalized spacial score (nSPS) is 24.4. The number of amides is 3. The summed E-state index contributed by atoms with van der Waals surface area (Å²) in [5, 5.41) is 3.59. The van der Waals surface area contributed by atoms with Gasteiger partial charge in [-0.3, -0.25) is 9.20 Å². The summed E-state index contributed by atoms with van der Waals surface area (Å²) in [5.41, 5.74) is 11.1. The fraction of sp³-hybridized carbons (Fsp3) is 0.543. The van der Waals surface area contributed by atoms with Gasteiger partial charge in [0, 0.05) is 48.2 Å². The van der Waals surface area contributed by atoms with Crippen LogP contribution in [-0.4, -0.2) is 97.9 Å². The van der Waals surface area contributed by atoms with Crippen LogP contribution in [0.3, 0.4) is 0 Å². The van der Waals surface area contributed by atoms with Crippen LogP contribution in [0, 0.1) is 12.8 Å². The minimum absolute atomic E-state index is 0.00289. The van der Waals surface area contributed by atoms with Crippen LogP contribution in [0.1, 0.15) is 66.8 Å². The largest absolute Gasteiger partial charge is 0.482 e. The standard InChI is InChI=1S/C35H41F3N8O4/c1-18(40-34(48)43-10-11-50-17-28(43)35(36,37)38)25-8-6-21-12-27(44(32(21)41-25)16-20-4-5-20)31-19(2)45-29(42-31)13-22(14-30(45)49-3)33(47)46-23-7-9-26(46)24(39)15-23/h6,8,12-14,18,20,23-24,26,28H,4-5,7,9-11,15-17,39H2,1-3H3,(H,40,48)/t18-,23+,24-,26-,28+/m1/s1. The van der Waals surface area contributed by atoms with Crippen LogP contribution in [0.2, 0.25) is 0 Å². The van der Waals surface area contributed by atoms with Gasteiger partial charge in [-0.25, -0.2) is 14.8 Å². The molecule has 4 aliphatic rings. The van der Waals surface area contributed by atoms with Gasteiger partial charge in [0.25, 0.3) is 5.91 Å². The SMILES string of the molecule is COc1cc(C(=O)N2[C@H]3CC[C@@H]2[C@H](N)C3)cc2nc(-c3cc4ccc([C@@H](C)NC(=O)N5CCOC[C@H]5C(F)(F)F)nc4n3CC3CC3)c(C)n12. The Balaban J connectivity index is 1.13. The van der Waals surface area contributed by atoms with Crippen molar-refractivity contribution in [3.8, 4) is 17.3 Å². The second-order valence-corrected chi connectivity index (χ2v) is 14.2. The summed E-state index contributed by atoms with van der Waals surface area (Å²) in [5.74, 6) is 0.920. The molecule has 3 N–H and O–H groups in total. The summed E-state index contributed by atoms with van der Waals surface area (Å²) in [6, 6.07) is 6.05. The Morgan fingerprint density at radius 3 is 2.62 bits per heavy atom. The topological polar surface area (TPSA) is 132 Å². The van der Waals surface area contributed by atoms with Crippen molar-refractivity contribution in [2.75, 3.05) is 26.9 Å². The fourth-order valence-electron chi connectivity index (χ4n) is 8.08. The number of aryl methyl sites for hydroxylation is 1. The summed E-state index contributed by atoms with van der Waals surface area (Å²) in [6.45, 7) is 3.68. The minimum atomic E-state index is -4.60. The van der Waals surface area contributed by atoms with Crippen molar-refractivity contribution in [2.24, 2.45) is 11.7 Å². The fourth-order valence-corrected chi connectivity index (χ4v) is 8.08. The molecule has 1 saturated carbocycles. The summed E-state index contributed by atoms with van der Waals surface area (Å²) >= 11 is 0. The molecule has 4 aromatic rings. The molecule has 4 aromatic heterocycles. The Kier molecular flexibility index (Phi) is 7.97. The molecule has 1 aliphatic carbocycles. The molecule has 4 fully saturated rings. The Morgan fingerprint density at radius 2 is 1.94 bits per heavy atom. The van der Waals surface area contributed by atoms with E-state index in [9.17, 15) is 22.8 Å². The molecule has 0 unspecified atom stereocenters. The van der Waals surface area contributed by atoms with E-state index in [1.54, 1.807) is 26.2 Å². The lowest BCUT2D eigenvalue weighted by Crippen LogP contribution is -2.58. The number of nitrogens with zero attached hydrogens (tertiary/aromatic N) is 6. The minimum Gasteiger partial charge on any atom is -0.482 e. The smallest absolute Gasteiger partial charge is 0.411 e. The van der Waals surface area contributed by atoms with Crippen LogP contribution >= 0.6 is 0 Å². The van der Waals surface area contributed by atoms with Crippen molar-refractivity contribution in [2.45, 2.75) is 88.9 Å². The first-order chi connectivity index (χ1) is 23.9. The van der Waals surface area contributed by atoms with Crippen LogP contribution in [-0.2, 0) is 11.3 Å². The van der Waals surface area contributed by atoms with E-state index < -0.39 is 30.9 Å². The van der Waals surface area contributed by atoms with Gasteiger partial charge < -0.3 is 34.9 Å². The summed E-state index contributed by atoms with van der Waals surface area (Å²) < 4.78 is 55.8. The number of carbonyl (C=O) groups is 2. The predicted molar refractivity (Wildman–Crippen MR) is 178 cm³/mol. The van der Waals surface area contributed by atoms with Crippen molar-refractivity contribution in [1.82, 2.24) is 34.1 Å². The van der Waals surface area contributed by atoms with Crippen molar-refractivity contribution in [1.29, 1.82) is 0 Å². The number of fused-ring (bicyclic) bond motifs is 4.